The van der Waals surface area contributed by atoms with Gasteiger partial charge in [-0.2, -0.15) is 0 Å². The first kappa shape index (κ1) is 23.5. The van der Waals surface area contributed by atoms with Crippen molar-refractivity contribution in [2.45, 2.75) is 53.1 Å². The maximum absolute atomic E-state index is 12.9. The third-order valence-corrected chi connectivity index (χ3v) is 4.29. The van der Waals surface area contributed by atoms with Gasteiger partial charge in [0.05, 0.1) is 6.61 Å². The number of nitrogens with zero attached hydrogens (tertiary/aromatic N) is 1. The summed E-state index contributed by atoms with van der Waals surface area (Å²) in [7, 11) is 0. The fourth-order valence-corrected chi connectivity index (χ4v) is 2.82. The Hall–Kier alpha value is -2.56. The quantitative estimate of drug-likeness (QED) is 0.637. The minimum atomic E-state index is -0.254. The lowest BCUT2D eigenvalue weighted by Gasteiger charge is -2.30. The van der Waals surface area contributed by atoms with E-state index in [9.17, 15) is 9.18 Å². The van der Waals surface area contributed by atoms with E-state index in [1.807, 2.05) is 49.1 Å². The van der Waals surface area contributed by atoms with Crippen molar-refractivity contribution in [3.8, 4) is 5.75 Å². The number of amides is 2. The molecule has 0 atom stereocenters. The summed E-state index contributed by atoms with van der Waals surface area (Å²) >= 11 is 0. The topological polar surface area (TPSA) is 41.6 Å². The lowest BCUT2D eigenvalue weighted by molar-refractivity contribution is 0.166. The van der Waals surface area contributed by atoms with Crippen LogP contribution >= 0.6 is 0 Å². The molecule has 0 unspecified atom stereocenters. The molecule has 0 aliphatic rings. The second-order valence-corrected chi connectivity index (χ2v) is 6.31. The van der Waals surface area contributed by atoms with Gasteiger partial charge >= 0.3 is 6.03 Å². The molecule has 154 valence electrons. The molecule has 0 radical (unpaired) electrons. The van der Waals surface area contributed by atoms with Crippen molar-refractivity contribution < 1.29 is 13.9 Å². The Morgan fingerprint density at radius 1 is 1.00 bits per heavy atom. The Labute approximate surface area is 168 Å². The van der Waals surface area contributed by atoms with Gasteiger partial charge in [0.2, 0.25) is 0 Å². The molecular weight excluding hydrogens is 355 g/mol. The number of para-hydroxylation sites is 1. The highest BCUT2D eigenvalue weighted by Crippen LogP contribution is 2.14. The summed E-state index contributed by atoms with van der Waals surface area (Å²) in [4.78, 5) is 13.9. The van der Waals surface area contributed by atoms with E-state index in [2.05, 4.69) is 19.2 Å². The molecule has 2 aromatic rings. The second kappa shape index (κ2) is 13.6. The largest absolute Gasteiger partial charge is 0.494 e. The van der Waals surface area contributed by atoms with Gasteiger partial charge in [-0.3, -0.25) is 0 Å². The lowest BCUT2D eigenvalue weighted by Crippen LogP contribution is -2.45. The maximum Gasteiger partial charge on any atom is 0.317 e. The fraction of sp³-hybridized carbons (Fsp3) is 0.435. The van der Waals surface area contributed by atoms with E-state index in [-0.39, 0.29) is 17.9 Å². The number of ether oxygens (including phenoxy) is 1. The van der Waals surface area contributed by atoms with Crippen LogP contribution in [0.15, 0.2) is 54.6 Å². The summed E-state index contributed by atoms with van der Waals surface area (Å²) in [6, 6.07) is 16.3. The number of hydrogen-bond acceptors (Lipinski definition) is 2. The molecule has 0 bridgehead atoms. The summed E-state index contributed by atoms with van der Waals surface area (Å²) in [5.74, 6) is 0.691. The summed E-state index contributed by atoms with van der Waals surface area (Å²) in [5.41, 5.74) is 0.944. The fourth-order valence-electron chi connectivity index (χ4n) is 2.82. The van der Waals surface area contributed by atoms with Gasteiger partial charge < -0.3 is 15.0 Å². The van der Waals surface area contributed by atoms with Crippen LogP contribution in [0.25, 0.3) is 0 Å². The number of carbonyl (C=O) groups excluding carboxylic acids is 1. The zero-order chi connectivity index (χ0) is 20.8. The van der Waals surface area contributed by atoms with Crippen LogP contribution < -0.4 is 10.1 Å². The van der Waals surface area contributed by atoms with E-state index < -0.39 is 0 Å². The molecule has 0 spiro atoms. The lowest BCUT2D eigenvalue weighted by atomic mass is 10.1. The van der Waals surface area contributed by atoms with Crippen LogP contribution in [-0.4, -0.2) is 30.1 Å². The third kappa shape index (κ3) is 8.42. The van der Waals surface area contributed by atoms with Gasteiger partial charge in [0.25, 0.3) is 0 Å². The first-order valence-corrected chi connectivity index (χ1v) is 10.0. The molecular formula is C23H33FN2O2. The Morgan fingerprint density at radius 2 is 1.61 bits per heavy atom. The monoisotopic (exact) mass is 388 g/mol. The second-order valence-electron chi connectivity index (χ2n) is 6.31. The number of carbonyl (C=O) groups is 1. The third-order valence-electron chi connectivity index (χ3n) is 4.29. The van der Waals surface area contributed by atoms with Gasteiger partial charge in [-0.25, -0.2) is 9.18 Å². The number of hydrogen-bond donors (Lipinski definition) is 1. The number of halogens is 1. The van der Waals surface area contributed by atoms with Crippen molar-refractivity contribution in [3.05, 3.63) is 66.0 Å². The van der Waals surface area contributed by atoms with Crippen molar-refractivity contribution in [3.63, 3.8) is 0 Å². The molecule has 4 nitrogen and oxygen atoms in total. The zero-order valence-electron chi connectivity index (χ0n) is 17.5. The first-order chi connectivity index (χ1) is 13.5. The SMILES string of the molecule is CCNC(=O)N(Cc1ccc(F)cc1)C(CC)CC.CCOc1ccccc1. The van der Waals surface area contributed by atoms with Crippen LogP contribution in [0.2, 0.25) is 0 Å². The Kier molecular flexibility index (Phi) is 11.4. The molecule has 2 aromatic carbocycles. The smallest absolute Gasteiger partial charge is 0.317 e. The molecule has 0 aromatic heterocycles. The van der Waals surface area contributed by atoms with E-state index in [0.717, 1.165) is 30.8 Å². The molecule has 0 fully saturated rings. The van der Waals surface area contributed by atoms with Crippen LogP contribution in [0.3, 0.4) is 0 Å². The number of nitrogens with one attached hydrogen (secondary N) is 1. The highest BCUT2D eigenvalue weighted by molar-refractivity contribution is 5.74. The van der Waals surface area contributed by atoms with Gasteiger partial charge in [0.1, 0.15) is 11.6 Å². The standard InChI is InChI=1S/C15H23FN2O.C8H10O/c1-4-14(5-2)18(15(19)17-6-3)11-12-7-9-13(16)10-8-12;1-2-9-8-6-4-3-5-7-8/h7-10,14H,4-6,11H2,1-3H3,(H,17,19);3-7H,2H2,1H3. The molecule has 0 saturated carbocycles. The summed E-state index contributed by atoms with van der Waals surface area (Å²) in [6.07, 6.45) is 1.82. The number of benzene rings is 2. The van der Waals surface area contributed by atoms with Crippen LogP contribution in [-0.2, 0) is 6.54 Å². The van der Waals surface area contributed by atoms with E-state index in [1.165, 1.54) is 12.1 Å². The number of rotatable bonds is 8. The molecule has 0 saturated heterocycles. The summed E-state index contributed by atoms with van der Waals surface area (Å²) in [6.45, 7) is 9.89. The predicted molar refractivity (Wildman–Crippen MR) is 113 cm³/mol. The molecule has 5 heteroatoms. The van der Waals surface area contributed by atoms with Crippen molar-refractivity contribution in [2.75, 3.05) is 13.2 Å². The van der Waals surface area contributed by atoms with E-state index >= 15 is 0 Å². The molecule has 1 N–H and O–H groups in total. The van der Waals surface area contributed by atoms with Crippen molar-refractivity contribution >= 4 is 6.03 Å². The molecule has 0 heterocycles. The van der Waals surface area contributed by atoms with Gasteiger partial charge in [-0.1, -0.05) is 44.2 Å². The molecule has 2 rings (SSSR count). The van der Waals surface area contributed by atoms with Crippen molar-refractivity contribution in [2.24, 2.45) is 0 Å². The highest BCUT2D eigenvalue weighted by atomic mass is 19.1. The zero-order valence-corrected chi connectivity index (χ0v) is 17.5. The summed E-state index contributed by atoms with van der Waals surface area (Å²) in [5, 5.41) is 2.84. The summed E-state index contributed by atoms with van der Waals surface area (Å²) < 4.78 is 18.1. The first-order valence-electron chi connectivity index (χ1n) is 10.0. The van der Waals surface area contributed by atoms with E-state index in [4.69, 9.17) is 4.74 Å². The number of urea groups is 1. The highest BCUT2D eigenvalue weighted by Gasteiger charge is 2.20. The minimum absolute atomic E-state index is 0.0551. The predicted octanol–water partition coefficient (Wildman–Crippen LogP) is 5.63. The Morgan fingerprint density at radius 3 is 2.11 bits per heavy atom. The van der Waals surface area contributed by atoms with Crippen LogP contribution in [0.5, 0.6) is 5.75 Å². The Balaban J connectivity index is 0.000000362. The molecule has 0 aliphatic heterocycles. The normalized spacial score (nSPS) is 10.1. The van der Waals surface area contributed by atoms with Crippen LogP contribution in [0.4, 0.5) is 9.18 Å². The molecule has 28 heavy (non-hydrogen) atoms. The van der Waals surface area contributed by atoms with Gasteiger partial charge in [0.15, 0.2) is 0 Å². The van der Waals surface area contributed by atoms with Crippen LogP contribution in [0, 0.1) is 5.82 Å². The van der Waals surface area contributed by atoms with Crippen molar-refractivity contribution in [1.82, 2.24) is 10.2 Å². The van der Waals surface area contributed by atoms with Crippen molar-refractivity contribution in [1.29, 1.82) is 0 Å². The average molecular weight is 389 g/mol. The molecule has 2 amide bonds. The minimum Gasteiger partial charge on any atom is -0.494 e. The Bertz CT molecular complexity index is 658. The van der Waals surface area contributed by atoms with E-state index in [0.29, 0.717) is 13.1 Å². The van der Waals surface area contributed by atoms with E-state index in [1.54, 1.807) is 12.1 Å². The molecule has 0 aliphatic carbocycles. The van der Waals surface area contributed by atoms with Gasteiger partial charge in [-0.05, 0) is 56.5 Å². The van der Waals surface area contributed by atoms with Gasteiger partial charge in [-0.15, -0.1) is 0 Å². The maximum atomic E-state index is 12.9. The van der Waals surface area contributed by atoms with Gasteiger partial charge in [0, 0.05) is 19.1 Å². The van der Waals surface area contributed by atoms with Crippen LogP contribution in [0.1, 0.15) is 46.1 Å². The average Bonchev–Trinajstić information content (AvgIpc) is 2.71.